The molecule has 0 bridgehead atoms. The molecule has 0 radical (unpaired) electrons. The summed E-state index contributed by atoms with van der Waals surface area (Å²) < 4.78 is 4.99. The van der Waals surface area contributed by atoms with Crippen LogP contribution in [0.15, 0.2) is 24.5 Å². The van der Waals surface area contributed by atoms with Gasteiger partial charge < -0.3 is 10.1 Å². The summed E-state index contributed by atoms with van der Waals surface area (Å²) in [5.74, 6) is -0.0149. The van der Waals surface area contributed by atoms with E-state index in [4.69, 9.17) is 4.74 Å². The molecule has 8 nitrogen and oxygen atoms in total. The maximum absolute atomic E-state index is 11.9. The van der Waals surface area contributed by atoms with E-state index in [1.165, 1.54) is 7.11 Å². The number of ether oxygens (including phenoxy) is 1. The van der Waals surface area contributed by atoms with Gasteiger partial charge in [-0.25, -0.2) is 9.97 Å². The van der Waals surface area contributed by atoms with Crippen LogP contribution in [0.4, 0.5) is 5.69 Å². The number of amides is 1. The number of nitrogens with one attached hydrogen (secondary N) is 2. The molecule has 1 aromatic carbocycles. The van der Waals surface area contributed by atoms with Gasteiger partial charge >= 0.3 is 6.01 Å². The molecular weight excluding hydrogens is 308 g/mol. The van der Waals surface area contributed by atoms with Crippen molar-refractivity contribution in [2.45, 2.75) is 6.54 Å². The summed E-state index contributed by atoms with van der Waals surface area (Å²) in [6.45, 7) is 1.06. The lowest BCUT2D eigenvalue weighted by molar-refractivity contribution is -0.116. The molecule has 0 spiro atoms. The molecule has 24 heavy (non-hydrogen) atoms. The summed E-state index contributed by atoms with van der Waals surface area (Å²) in [7, 11) is 3.45. The predicted octanol–water partition coefficient (Wildman–Crippen LogP) is 1.41. The van der Waals surface area contributed by atoms with Gasteiger partial charge in [0.05, 0.1) is 19.2 Å². The molecule has 2 aromatic heterocycles. The van der Waals surface area contributed by atoms with Crippen molar-refractivity contribution in [1.29, 1.82) is 0 Å². The number of H-pyrrole nitrogens is 1. The lowest BCUT2D eigenvalue weighted by Gasteiger charge is -2.11. The van der Waals surface area contributed by atoms with Crippen molar-refractivity contribution < 1.29 is 9.53 Å². The fraction of sp³-hybridized carbons (Fsp3) is 0.250. The number of hydrogen-bond donors (Lipinski definition) is 2. The quantitative estimate of drug-likeness (QED) is 0.740. The zero-order valence-corrected chi connectivity index (χ0v) is 13.3. The van der Waals surface area contributed by atoms with Crippen molar-refractivity contribution in [1.82, 2.24) is 25.1 Å². The Morgan fingerprint density at radius 1 is 1.21 bits per heavy atom. The van der Waals surface area contributed by atoms with E-state index in [0.29, 0.717) is 19.1 Å². The number of nitrogens with zero attached hydrogens (tertiary/aromatic N) is 4. The Bertz CT molecular complexity index is 918. The van der Waals surface area contributed by atoms with Crippen LogP contribution in [0, 0.1) is 0 Å². The van der Waals surface area contributed by atoms with Crippen molar-refractivity contribution in [2.24, 2.45) is 0 Å². The molecule has 8 heteroatoms. The van der Waals surface area contributed by atoms with E-state index in [2.05, 4.69) is 31.5 Å². The Kier molecular flexibility index (Phi) is 3.39. The zero-order chi connectivity index (χ0) is 16.7. The fourth-order valence-corrected chi connectivity index (χ4v) is 2.90. The second-order valence-corrected chi connectivity index (χ2v) is 5.81. The average Bonchev–Trinajstić information content (AvgIpc) is 2.91. The molecule has 2 N–H and O–H groups in total. The summed E-state index contributed by atoms with van der Waals surface area (Å²) >= 11 is 0. The van der Waals surface area contributed by atoms with Gasteiger partial charge in [0.15, 0.2) is 0 Å². The van der Waals surface area contributed by atoms with Crippen LogP contribution in [0.1, 0.15) is 5.56 Å². The van der Waals surface area contributed by atoms with Gasteiger partial charge in [-0.2, -0.15) is 5.10 Å². The molecule has 1 aliphatic heterocycles. The van der Waals surface area contributed by atoms with Crippen LogP contribution >= 0.6 is 0 Å². The average molecular weight is 324 g/mol. The minimum atomic E-state index is -0.0149. The Hall–Kier alpha value is -3.00. The van der Waals surface area contributed by atoms with E-state index in [9.17, 15) is 4.79 Å². The summed E-state index contributed by atoms with van der Waals surface area (Å²) in [4.78, 5) is 22.1. The van der Waals surface area contributed by atoms with Gasteiger partial charge in [-0.05, 0) is 24.7 Å². The topological polar surface area (TPSA) is 96.0 Å². The number of methoxy groups -OCH3 is 1. The van der Waals surface area contributed by atoms with E-state index < -0.39 is 0 Å². The molecule has 4 rings (SSSR count). The van der Waals surface area contributed by atoms with Crippen LogP contribution in [-0.2, 0) is 11.3 Å². The number of aromatic amines is 1. The molecule has 0 fully saturated rings. The number of carbonyl (C=O) groups is 1. The minimum absolute atomic E-state index is 0.0149. The maximum Gasteiger partial charge on any atom is 0.316 e. The monoisotopic (exact) mass is 324 g/mol. The molecule has 122 valence electrons. The third-order valence-corrected chi connectivity index (χ3v) is 4.00. The molecule has 0 atom stereocenters. The van der Waals surface area contributed by atoms with Crippen LogP contribution < -0.4 is 10.1 Å². The normalized spacial score (nSPS) is 15.0. The highest BCUT2D eigenvalue weighted by molar-refractivity contribution is 5.99. The van der Waals surface area contributed by atoms with Crippen molar-refractivity contribution in [3.05, 3.63) is 30.1 Å². The third kappa shape index (κ3) is 2.46. The second-order valence-electron chi connectivity index (χ2n) is 5.81. The molecule has 0 saturated carbocycles. The lowest BCUT2D eigenvalue weighted by atomic mass is 10.1. The maximum atomic E-state index is 11.9. The van der Waals surface area contributed by atoms with Crippen molar-refractivity contribution in [2.75, 3.05) is 26.0 Å². The number of benzene rings is 1. The number of rotatable bonds is 2. The number of anilines is 1. The van der Waals surface area contributed by atoms with Gasteiger partial charge in [0, 0.05) is 35.6 Å². The van der Waals surface area contributed by atoms with Crippen molar-refractivity contribution in [3.63, 3.8) is 0 Å². The number of carbonyl (C=O) groups excluding carboxylic acids is 1. The molecule has 3 aromatic rings. The van der Waals surface area contributed by atoms with Crippen LogP contribution in [0.25, 0.3) is 22.2 Å². The first-order chi connectivity index (χ1) is 11.6. The van der Waals surface area contributed by atoms with Crippen LogP contribution in [-0.4, -0.2) is 51.7 Å². The van der Waals surface area contributed by atoms with E-state index in [1.807, 2.05) is 18.0 Å². The summed E-state index contributed by atoms with van der Waals surface area (Å²) in [6.07, 6.45) is 3.36. The third-order valence-electron chi connectivity index (χ3n) is 4.00. The molecule has 0 aliphatic carbocycles. The van der Waals surface area contributed by atoms with E-state index in [-0.39, 0.29) is 5.91 Å². The highest BCUT2D eigenvalue weighted by Crippen LogP contribution is 2.31. The van der Waals surface area contributed by atoms with E-state index in [0.717, 1.165) is 33.4 Å². The number of likely N-dealkylation sites (N-methyl/N-ethyl adjacent to an activating group) is 1. The molecule has 1 aliphatic rings. The van der Waals surface area contributed by atoms with Gasteiger partial charge in [-0.15, -0.1) is 0 Å². The summed E-state index contributed by atoms with van der Waals surface area (Å²) in [5.41, 5.74) is 4.29. The van der Waals surface area contributed by atoms with Gasteiger partial charge in [0.1, 0.15) is 5.69 Å². The molecule has 0 saturated heterocycles. The van der Waals surface area contributed by atoms with Crippen molar-refractivity contribution >= 4 is 22.5 Å². The van der Waals surface area contributed by atoms with Crippen LogP contribution in [0.3, 0.4) is 0 Å². The fourth-order valence-electron chi connectivity index (χ4n) is 2.90. The number of hydrogen-bond acceptors (Lipinski definition) is 6. The standard InChI is InChI=1S/C16H16N6O2/c1-22-7-9-3-11-13(4-12(9)19-14(23)8-22)20-21-15(11)10-5-17-16(24-2)18-6-10/h3-6H,7-8H2,1-2H3,(H,19,23)(H,20,21). The summed E-state index contributed by atoms with van der Waals surface area (Å²) in [6, 6.07) is 4.29. The zero-order valence-electron chi connectivity index (χ0n) is 13.3. The van der Waals surface area contributed by atoms with Gasteiger partial charge in [0.25, 0.3) is 0 Å². The van der Waals surface area contributed by atoms with E-state index in [1.54, 1.807) is 12.4 Å². The first-order valence-electron chi connectivity index (χ1n) is 7.50. The van der Waals surface area contributed by atoms with Crippen LogP contribution in [0.2, 0.25) is 0 Å². The largest absolute Gasteiger partial charge is 0.467 e. The predicted molar refractivity (Wildman–Crippen MR) is 88.6 cm³/mol. The molecule has 0 unspecified atom stereocenters. The first kappa shape index (κ1) is 14.6. The number of fused-ring (bicyclic) bond motifs is 2. The second kappa shape index (κ2) is 5.57. The van der Waals surface area contributed by atoms with Gasteiger partial charge in [0.2, 0.25) is 5.91 Å². The molecule has 1 amide bonds. The van der Waals surface area contributed by atoms with Gasteiger partial charge in [-0.3, -0.25) is 14.8 Å². The van der Waals surface area contributed by atoms with Gasteiger partial charge in [-0.1, -0.05) is 0 Å². The Morgan fingerprint density at radius 3 is 2.75 bits per heavy atom. The Labute approximate surface area is 137 Å². The summed E-state index contributed by atoms with van der Waals surface area (Å²) in [5, 5.41) is 11.3. The lowest BCUT2D eigenvalue weighted by Crippen LogP contribution is -2.26. The minimum Gasteiger partial charge on any atom is -0.467 e. The molecular formula is C16H16N6O2. The molecule has 3 heterocycles. The highest BCUT2D eigenvalue weighted by Gasteiger charge is 2.19. The van der Waals surface area contributed by atoms with Crippen molar-refractivity contribution in [3.8, 4) is 17.3 Å². The van der Waals surface area contributed by atoms with Crippen LogP contribution in [0.5, 0.6) is 6.01 Å². The SMILES string of the molecule is COc1ncc(-c2n[nH]c3cc4c(cc23)CN(C)CC(=O)N4)cn1. The van der Waals surface area contributed by atoms with E-state index >= 15 is 0 Å². The highest BCUT2D eigenvalue weighted by atomic mass is 16.5. The smallest absolute Gasteiger partial charge is 0.316 e. The Morgan fingerprint density at radius 2 is 2.00 bits per heavy atom. The first-order valence-corrected chi connectivity index (χ1v) is 7.50. The number of aromatic nitrogens is 4. The Balaban J connectivity index is 1.82.